The minimum atomic E-state index is -0.674. The highest BCUT2D eigenvalue weighted by Crippen LogP contribution is 2.55. The van der Waals surface area contributed by atoms with Crippen molar-refractivity contribution in [3.05, 3.63) is 205 Å². The number of allylic oxidation sites excluding steroid dienone is 3. The molecule has 2 heterocycles. The average Bonchev–Trinajstić information content (AvgIpc) is 3.26. The summed E-state index contributed by atoms with van der Waals surface area (Å²) in [7, 11) is 0. The molecule has 0 amide bonds. The summed E-state index contributed by atoms with van der Waals surface area (Å²) in [6, 6.07) is 59.3. The van der Waals surface area contributed by atoms with Crippen molar-refractivity contribution in [2.24, 2.45) is 5.92 Å². The van der Waals surface area contributed by atoms with Gasteiger partial charge in [-0.1, -0.05) is 182 Å². The molecule has 2 atom stereocenters. The zero-order chi connectivity index (χ0) is 35.9. The van der Waals surface area contributed by atoms with Gasteiger partial charge in [0.15, 0.2) is 23.1 Å². The van der Waals surface area contributed by atoms with Crippen molar-refractivity contribution < 1.29 is 4.74 Å². The zero-order valence-electron chi connectivity index (χ0n) is 29.5. The predicted octanol–water partition coefficient (Wildman–Crippen LogP) is 12.1. The molecule has 0 radical (unpaired) electrons. The van der Waals surface area contributed by atoms with Crippen LogP contribution in [0.5, 0.6) is 5.75 Å². The standard InChI is InChI=1S/C50H35N3O/c1-4-16-36(17-5-1)47-51-48(53-49(52-47)39-32-27-34-15-10-11-18-38(34)33-39)37-30-28-35(29-31-37)42-24-14-26-45-46(42)43-23-12-13-25-44(43)50(54-45,40-19-6-2-7-20-40)41-21-8-3-9-22-41/h1-21,23-33,41H,22H2. The maximum atomic E-state index is 7.35. The Morgan fingerprint density at radius 1 is 0.481 bits per heavy atom. The molecule has 4 heteroatoms. The van der Waals surface area contributed by atoms with Crippen LogP contribution in [0, 0.1) is 5.92 Å². The molecule has 0 saturated heterocycles. The van der Waals surface area contributed by atoms with Gasteiger partial charge in [-0.15, -0.1) is 0 Å². The number of fused-ring (bicyclic) bond motifs is 4. The molecule has 8 aromatic rings. The van der Waals surface area contributed by atoms with Crippen molar-refractivity contribution in [1.29, 1.82) is 0 Å². The van der Waals surface area contributed by atoms with Gasteiger partial charge in [0.05, 0.1) is 0 Å². The first-order chi connectivity index (χ1) is 26.7. The molecule has 1 aromatic heterocycles. The van der Waals surface area contributed by atoms with Crippen molar-refractivity contribution in [1.82, 2.24) is 15.0 Å². The quantitative estimate of drug-likeness (QED) is 0.174. The summed E-state index contributed by atoms with van der Waals surface area (Å²) >= 11 is 0. The number of rotatable bonds is 6. The molecular formula is C50H35N3O. The fourth-order valence-corrected chi connectivity index (χ4v) is 8.14. The first-order valence-electron chi connectivity index (χ1n) is 18.5. The lowest BCUT2D eigenvalue weighted by Crippen LogP contribution is -2.44. The number of hydrogen-bond acceptors (Lipinski definition) is 4. The van der Waals surface area contributed by atoms with E-state index in [1.165, 1.54) is 16.5 Å². The highest BCUT2D eigenvalue weighted by atomic mass is 16.5. The van der Waals surface area contributed by atoms with Crippen LogP contribution in [0.15, 0.2) is 194 Å². The largest absolute Gasteiger partial charge is 0.476 e. The van der Waals surface area contributed by atoms with E-state index >= 15 is 0 Å². The average molecular weight is 694 g/mol. The molecule has 7 aromatic carbocycles. The van der Waals surface area contributed by atoms with E-state index < -0.39 is 5.60 Å². The highest BCUT2D eigenvalue weighted by Gasteiger charge is 2.48. The van der Waals surface area contributed by atoms with E-state index in [1.54, 1.807) is 0 Å². The Kier molecular flexibility index (Phi) is 7.80. The van der Waals surface area contributed by atoms with Gasteiger partial charge < -0.3 is 4.74 Å². The van der Waals surface area contributed by atoms with Crippen molar-refractivity contribution >= 4 is 10.8 Å². The molecule has 256 valence electrons. The van der Waals surface area contributed by atoms with Gasteiger partial charge in [0.2, 0.25) is 0 Å². The monoisotopic (exact) mass is 693 g/mol. The topological polar surface area (TPSA) is 47.9 Å². The third-order valence-electron chi connectivity index (χ3n) is 10.7. The Balaban J connectivity index is 1.07. The Labute approximate surface area is 314 Å². The summed E-state index contributed by atoms with van der Waals surface area (Å²) in [6.07, 6.45) is 9.71. The third-order valence-corrected chi connectivity index (χ3v) is 10.7. The van der Waals surface area contributed by atoms with Crippen LogP contribution >= 0.6 is 0 Å². The molecule has 0 N–H and O–H groups in total. The number of nitrogens with zero attached hydrogens (tertiary/aromatic N) is 3. The van der Waals surface area contributed by atoms with Crippen molar-refractivity contribution in [2.45, 2.75) is 12.0 Å². The zero-order valence-corrected chi connectivity index (χ0v) is 29.5. The van der Waals surface area contributed by atoms with E-state index in [-0.39, 0.29) is 5.92 Å². The van der Waals surface area contributed by atoms with Crippen molar-refractivity contribution in [2.75, 3.05) is 0 Å². The summed E-state index contributed by atoms with van der Waals surface area (Å²) in [4.78, 5) is 15.0. The second-order valence-corrected chi connectivity index (χ2v) is 13.9. The van der Waals surface area contributed by atoms with Crippen LogP contribution in [0.1, 0.15) is 17.5 Å². The number of benzene rings is 7. The molecule has 54 heavy (non-hydrogen) atoms. The van der Waals surface area contributed by atoms with Crippen molar-refractivity contribution in [3.8, 4) is 62.2 Å². The second-order valence-electron chi connectivity index (χ2n) is 13.9. The lowest BCUT2D eigenvalue weighted by Gasteiger charge is -2.45. The first-order valence-corrected chi connectivity index (χ1v) is 18.5. The molecule has 2 aliphatic rings. The summed E-state index contributed by atoms with van der Waals surface area (Å²) in [5, 5.41) is 2.33. The van der Waals surface area contributed by atoms with E-state index in [2.05, 4.69) is 164 Å². The molecule has 0 bridgehead atoms. The van der Waals surface area contributed by atoms with E-state index in [4.69, 9.17) is 19.7 Å². The van der Waals surface area contributed by atoms with Crippen LogP contribution in [0.2, 0.25) is 0 Å². The normalized spacial score (nSPS) is 17.1. The third kappa shape index (κ3) is 5.43. The molecule has 2 unspecified atom stereocenters. The smallest absolute Gasteiger partial charge is 0.166 e. The maximum Gasteiger partial charge on any atom is 0.166 e. The van der Waals surface area contributed by atoms with Crippen LogP contribution < -0.4 is 4.74 Å². The SMILES string of the molecule is C1=CCC(C2(c3ccccc3)Oc3cccc(-c4ccc(-c5nc(-c6ccccc6)nc(-c6ccc7ccccc7c6)n5)cc4)c3-c3ccccc32)C=C1. The fourth-order valence-electron chi connectivity index (χ4n) is 8.14. The first kappa shape index (κ1) is 31.8. The van der Waals surface area contributed by atoms with E-state index in [0.29, 0.717) is 17.5 Å². The Morgan fingerprint density at radius 2 is 1.09 bits per heavy atom. The van der Waals surface area contributed by atoms with Gasteiger partial charge >= 0.3 is 0 Å². The molecule has 0 fully saturated rings. The van der Waals surface area contributed by atoms with Crippen LogP contribution in [-0.2, 0) is 5.60 Å². The van der Waals surface area contributed by atoms with Gasteiger partial charge in [-0.3, -0.25) is 0 Å². The van der Waals surface area contributed by atoms with Gasteiger partial charge in [0, 0.05) is 39.3 Å². The highest BCUT2D eigenvalue weighted by molar-refractivity contribution is 5.91. The minimum absolute atomic E-state index is 0.128. The number of aromatic nitrogens is 3. The number of hydrogen-bond donors (Lipinski definition) is 0. The summed E-state index contributed by atoms with van der Waals surface area (Å²) in [5.74, 6) is 2.92. The molecule has 1 aliphatic heterocycles. The van der Waals surface area contributed by atoms with Crippen molar-refractivity contribution in [3.63, 3.8) is 0 Å². The molecular weight excluding hydrogens is 659 g/mol. The minimum Gasteiger partial charge on any atom is -0.476 e. The lowest BCUT2D eigenvalue weighted by atomic mass is 9.69. The van der Waals surface area contributed by atoms with E-state index in [0.717, 1.165) is 56.5 Å². The lowest BCUT2D eigenvalue weighted by molar-refractivity contribution is 0.0624. The van der Waals surface area contributed by atoms with Crippen LogP contribution in [0.3, 0.4) is 0 Å². The Bertz CT molecular complexity index is 2720. The summed E-state index contributed by atoms with van der Waals surface area (Å²) in [5.41, 5.74) is 8.97. The van der Waals surface area contributed by atoms with Crippen LogP contribution in [0.25, 0.3) is 67.2 Å². The van der Waals surface area contributed by atoms with Gasteiger partial charge in [-0.2, -0.15) is 0 Å². The molecule has 1 aliphatic carbocycles. The Hall–Kier alpha value is -6.91. The van der Waals surface area contributed by atoms with E-state index in [1.807, 2.05) is 30.3 Å². The van der Waals surface area contributed by atoms with Gasteiger partial charge in [-0.25, -0.2) is 15.0 Å². The summed E-state index contributed by atoms with van der Waals surface area (Å²) in [6.45, 7) is 0. The molecule has 10 rings (SSSR count). The van der Waals surface area contributed by atoms with Gasteiger partial charge in [0.1, 0.15) is 5.75 Å². The second kappa shape index (κ2) is 13.3. The van der Waals surface area contributed by atoms with Crippen LogP contribution in [-0.4, -0.2) is 15.0 Å². The van der Waals surface area contributed by atoms with Crippen LogP contribution in [0.4, 0.5) is 0 Å². The Morgan fingerprint density at radius 3 is 1.85 bits per heavy atom. The predicted molar refractivity (Wildman–Crippen MR) is 219 cm³/mol. The molecule has 4 nitrogen and oxygen atoms in total. The van der Waals surface area contributed by atoms with Gasteiger partial charge in [0.25, 0.3) is 0 Å². The molecule has 0 saturated carbocycles. The summed E-state index contributed by atoms with van der Waals surface area (Å²) < 4.78 is 7.35. The van der Waals surface area contributed by atoms with E-state index in [9.17, 15) is 0 Å². The maximum absolute atomic E-state index is 7.35. The number of ether oxygens (including phenoxy) is 1. The molecule has 0 spiro atoms. The fraction of sp³-hybridized carbons (Fsp3) is 0.0600. The van der Waals surface area contributed by atoms with Gasteiger partial charge in [-0.05, 0) is 46.0 Å².